The van der Waals surface area contributed by atoms with Gasteiger partial charge in [-0.15, -0.1) is 0 Å². The zero-order valence-corrected chi connectivity index (χ0v) is 13.6. The fraction of sp³-hybridized carbons (Fsp3) is 0.500. The van der Waals surface area contributed by atoms with Gasteiger partial charge in [0.25, 0.3) is 0 Å². The van der Waals surface area contributed by atoms with Crippen LogP contribution in [0, 0.1) is 6.92 Å². The molecule has 2 aliphatic rings. The number of cyclic esters (lactones) is 1. The van der Waals surface area contributed by atoms with Gasteiger partial charge in [-0.3, -0.25) is 4.90 Å². The lowest BCUT2D eigenvalue weighted by Gasteiger charge is -2.44. The molecule has 1 saturated heterocycles. The van der Waals surface area contributed by atoms with Crippen LogP contribution in [0.5, 0.6) is 0 Å². The highest BCUT2D eigenvalue weighted by atomic mass is 16.6. The lowest BCUT2D eigenvalue weighted by atomic mass is 9.74. The Labute approximate surface area is 130 Å². The predicted octanol–water partition coefficient (Wildman–Crippen LogP) is 3.87. The molecule has 4 nitrogen and oxygen atoms in total. The number of fused-ring (bicyclic) bond motifs is 5. The van der Waals surface area contributed by atoms with Gasteiger partial charge < -0.3 is 9.72 Å². The maximum Gasteiger partial charge on any atom is 0.411 e. The van der Waals surface area contributed by atoms with E-state index in [1.54, 1.807) is 0 Å². The molecule has 3 heterocycles. The second kappa shape index (κ2) is 4.06. The van der Waals surface area contributed by atoms with Gasteiger partial charge in [-0.2, -0.15) is 0 Å². The monoisotopic (exact) mass is 298 g/mol. The van der Waals surface area contributed by atoms with E-state index in [1.807, 2.05) is 4.90 Å². The standard InChI is InChI=1S/C18H22N2O2/c1-5-17(3)18(4)15-12(8-9-20(18)16(21)22-17)13-10-11(2)6-7-14(13)19-15/h6-7,10,19H,5,8-9H2,1-4H3/t17-,18+/m1/s1. The van der Waals surface area contributed by atoms with Gasteiger partial charge in [-0.1, -0.05) is 18.6 Å². The number of aryl methyl sites for hydroxylation is 1. The second-order valence-corrected chi connectivity index (χ2v) is 6.95. The van der Waals surface area contributed by atoms with Crippen LogP contribution in [0.25, 0.3) is 10.9 Å². The van der Waals surface area contributed by atoms with Crippen LogP contribution in [-0.2, 0) is 16.7 Å². The van der Waals surface area contributed by atoms with Crippen LogP contribution in [0.4, 0.5) is 4.79 Å². The van der Waals surface area contributed by atoms with Gasteiger partial charge in [0.15, 0.2) is 0 Å². The average molecular weight is 298 g/mol. The summed E-state index contributed by atoms with van der Waals surface area (Å²) in [6.07, 6.45) is 1.48. The van der Waals surface area contributed by atoms with E-state index in [-0.39, 0.29) is 6.09 Å². The molecule has 116 valence electrons. The van der Waals surface area contributed by atoms with Gasteiger partial charge in [0.05, 0.1) is 0 Å². The molecule has 2 aromatic rings. The van der Waals surface area contributed by atoms with E-state index in [4.69, 9.17) is 4.74 Å². The van der Waals surface area contributed by atoms with Crippen molar-refractivity contribution in [2.45, 2.75) is 51.7 Å². The van der Waals surface area contributed by atoms with Crippen molar-refractivity contribution < 1.29 is 9.53 Å². The Morgan fingerprint density at radius 2 is 2.14 bits per heavy atom. The number of hydrogen-bond acceptors (Lipinski definition) is 2. The normalized spacial score (nSPS) is 30.4. The van der Waals surface area contributed by atoms with Crippen molar-refractivity contribution in [2.24, 2.45) is 0 Å². The molecule has 2 atom stereocenters. The van der Waals surface area contributed by atoms with E-state index in [9.17, 15) is 4.79 Å². The number of carbonyl (C=O) groups is 1. The van der Waals surface area contributed by atoms with Crippen LogP contribution in [0.15, 0.2) is 18.2 Å². The minimum Gasteiger partial charge on any atom is -0.440 e. The summed E-state index contributed by atoms with van der Waals surface area (Å²) in [5.41, 5.74) is 3.97. The lowest BCUT2D eigenvalue weighted by Crippen LogP contribution is -2.55. The summed E-state index contributed by atoms with van der Waals surface area (Å²) in [7, 11) is 0. The van der Waals surface area contributed by atoms with Crippen LogP contribution >= 0.6 is 0 Å². The summed E-state index contributed by atoms with van der Waals surface area (Å²) in [6, 6.07) is 6.50. The Morgan fingerprint density at radius 1 is 1.36 bits per heavy atom. The van der Waals surface area contributed by atoms with Crippen LogP contribution in [0.3, 0.4) is 0 Å². The quantitative estimate of drug-likeness (QED) is 0.868. The minimum absolute atomic E-state index is 0.188. The summed E-state index contributed by atoms with van der Waals surface area (Å²) >= 11 is 0. The van der Waals surface area contributed by atoms with E-state index < -0.39 is 11.1 Å². The summed E-state index contributed by atoms with van der Waals surface area (Å²) in [6.45, 7) is 9.12. The van der Waals surface area contributed by atoms with Crippen molar-refractivity contribution in [1.82, 2.24) is 9.88 Å². The van der Waals surface area contributed by atoms with Gasteiger partial charge in [0.2, 0.25) is 0 Å². The maximum atomic E-state index is 12.4. The number of H-pyrrole nitrogens is 1. The Morgan fingerprint density at radius 3 is 2.86 bits per heavy atom. The highest BCUT2D eigenvalue weighted by Crippen LogP contribution is 2.52. The van der Waals surface area contributed by atoms with Crippen LogP contribution < -0.4 is 0 Å². The van der Waals surface area contributed by atoms with E-state index in [0.29, 0.717) is 0 Å². The summed E-state index contributed by atoms with van der Waals surface area (Å²) in [4.78, 5) is 17.9. The number of aromatic nitrogens is 1. The van der Waals surface area contributed by atoms with E-state index >= 15 is 0 Å². The molecule has 1 aromatic carbocycles. The second-order valence-electron chi connectivity index (χ2n) is 6.95. The molecule has 22 heavy (non-hydrogen) atoms. The molecule has 0 unspecified atom stereocenters. The highest BCUT2D eigenvalue weighted by Gasteiger charge is 2.62. The largest absolute Gasteiger partial charge is 0.440 e. The van der Waals surface area contributed by atoms with Crippen molar-refractivity contribution in [3.8, 4) is 0 Å². The maximum absolute atomic E-state index is 12.4. The number of ether oxygens (including phenoxy) is 1. The molecule has 1 fully saturated rings. The highest BCUT2D eigenvalue weighted by molar-refractivity contribution is 5.87. The third-order valence-electron chi connectivity index (χ3n) is 5.91. The first-order chi connectivity index (χ1) is 10.4. The molecule has 2 aliphatic heterocycles. The summed E-state index contributed by atoms with van der Waals surface area (Å²) in [5.74, 6) is 0. The number of benzene rings is 1. The Balaban J connectivity index is 2.02. The fourth-order valence-electron chi connectivity index (χ4n) is 4.21. The number of amides is 1. The van der Waals surface area contributed by atoms with E-state index in [1.165, 1.54) is 16.5 Å². The Bertz CT molecular complexity index is 794. The molecule has 4 heteroatoms. The number of nitrogens with zero attached hydrogens (tertiary/aromatic N) is 1. The van der Waals surface area contributed by atoms with E-state index in [2.05, 4.69) is 50.9 Å². The summed E-state index contributed by atoms with van der Waals surface area (Å²) in [5, 5.41) is 1.29. The lowest BCUT2D eigenvalue weighted by molar-refractivity contribution is -0.00297. The Kier molecular flexibility index (Phi) is 2.52. The molecular formula is C18H22N2O2. The van der Waals surface area contributed by atoms with Gasteiger partial charge in [0, 0.05) is 23.1 Å². The third kappa shape index (κ3) is 1.40. The molecule has 1 aromatic heterocycles. The zero-order valence-electron chi connectivity index (χ0n) is 13.6. The van der Waals surface area contributed by atoms with Gasteiger partial charge in [-0.05, 0) is 51.3 Å². The molecule has 1 N–H and O–H groups in total. The SMILES string of the molecule is CC[C@@]1(C)OC(=O)N2CCc3c([nH]c4ccc(C)cc34)[C@]21C. The molecule has 0 aliphatic carbocycles. The van der Waals surface area contributed by atoms with Crippen molar-refractivity contribution in [3.63, 3.8) is 0 Å². The number of rotatable bonds is 1. The van der Waals surface area contributed by atoms with E-state index in [0.717, 1.165) is 30.6 Å². The van der Waals surface area contributed by atoms with Gasteiger partial charge in [0.1, 0.15) is 11.1 Å². The smallest absolute Gasteiger partial charge is 0.411 e. The van der Waals surface area contributed by atoms with Crippen molar-refractivity contribution in [2.75, 3.05) is 6.54 Å². The van der Waals surface area contributed by atoms with Crippen molar-refractivity contribution >= 4 is 17.0 Å². The predicted molar refractivity (Wildman–Crippen MR) is 86.0 cm³/mol. The molecule has 0 saturated carbocycles. The van der Waals surface area contributed by atoms with Crippen LogP contribution in [0.2, 0.25) is 0 Å². The molecule has 0 bridgehead atoms. The topological polar surface area (TPSA) is 45.3 Å². The van der Waals surface area contributed by atoms with Crippen LogP contribution in [0.1, 0.15) is 44.0 Å². The number of aromatic amines is 1. The Hall–Kier alpha value is -1.97. The van der Waals surface area contributed by atoms with Crippen molar-refractivity contribution in [1.29, 1.82) is 0 Å². The van der Waals surface area contributed by atoms with Crippen molar-refractivity contribution in [3.05, 3.63) is 35.0 Å². The van der Waals surface area contributed by atoms with Gasteiger partial charge in [-0.25, -0.2) is 4.79 Å². The number of nitrogens with one attached hydrogen (secondary N) is 1. The molecule has 0 spiro atoms. The fourth-order valence-corrected chi connectivity index (χ4v) is 4.21. The first-order valence-corrected chi connectivity index (χ1v) is 8.03. The van der Waals surface area contributed by atoms with Crippen LogP contribution in [-0.4, -0.2) is 28.1 Å². The third-order valence-corrected chi connectivity index (χ3v) is 5.91. The average Bonchev–Trinajstić information content (AvgIpc) is 2.94. The first-order valence-electron chi connectivity index (χ1n) is 8.03. The zero-order chi connectivity index (χ0) is 15.7. The summed E-state index contributed by atoms with van der Waals surface area (Å²) < 4.78 is 5.79. The number of carbonyl (C=O) groups excluding carboxylic acids is 1. The molecular weight excluding hydrogens is 276 g/mol. The first kappa shape index (κ1) is 13.7. The number of hydrogen-bond donors (Lipinski definition) is 1. The minimum atomic E-state index is -0.505. The molecule has 4 rings (SSSR count). The molecule has 0 radical (unpaired) electrons. The van der Waals surface area contributed by atoms with Gasteiger partial charge >= 0.3 is 6.09 Å². The molecule has 1 amide bonds.